The second kappa shape index (κ2) is 7.19. The van der Waals surface area contributed by atoms with Gasteiger partial charge in [0.25, 0.3) is 0 Å². The normalized spacial score (nSPS) is 16.6. The second-order valence-electron chi connectivity index (χ2n) is 5.47. The van der Waals surface area contributed by atoms with Crippen LogP contribution in [0.5, 0.6) is 11.5 Å². The van der Waals surface area contributed by atoms with E-state index in [-0.39, 0.29) is 5.75 Å². The lowest BCUT2D eigenvalue weighted by atomic mass is 9.94. The van der Waals surface area contributed by atoms with Crippen molar-refractivity contribution in [2.45, 2.75) is 51.6 Å². The molecule has 1 fully saturated rings. The molecule has 112 valence electrons. The molecule has 0 saturated heterocycles. The van der Waals surface area contributed by atoms with E-state index in [1.165, 1.54) is 32.1 Å². The molecule has 0 amide bonds. The van der Waals surface area contributed by atoms with Crippen LogP contribution in [0.25, 0.3) is 0 Å². The van der Waals surface area contributed by atoms with Crippen molar-refractivity contribution in [3.63, 3.8) is 0 Å². The first kappa shape index (κ1) is 15.5. The zero-order valence-electron chi connectivity index (χ0n) is 12.4. The predicted octanol–water partition coefficient (Wildman–Crippen LogP) is 4.21. The van der Waals surface area contributed by atoms with Crippen molar-refractivity contribution in [1.29, 1.82) is 0 Å². The molecule has 4 heteroatoms. The maximum atomic E-state index is 10.2. The van der Waals surface area contributed by atoms with E-state index >= 15 is 0 Å². The van der Waals surface area contributed by atoms with Gasteiger partial charge in [-0.2, -0.15) is 0 Å². The monoisotopic (exact) mass is 297 g/mol. The van der Waals surface area contributed by atoms with Crippen LogP contribution < -0.4 is 4.74 Å². The molecule has 3 nitrogen and oxygen atoms in total. The second-order valence-corrected chi connectivity index (χ2v) is 5.91. The highest BCUT2D eigenvalue weighted by molar-refractivity contribution is 6.30. The molecule has 0 atom stereocenters. The van der Waals surface area contributed by atoms with Gasteiger partial charge in [0, 0.05) is 29.2 Å². The summed E-state index contributed by atoms with van der Waals surface area (Å²) in [5.41, 5.74) is 0.849. The highest BCUT2D eigenvalue weighted by atomic mass is 35.5. The fraction of sp³-hybridized carbons (Fsp3) is 0.625. The number of nitrogens with zero attached hydrogens (tertiary/aromatic N) is 1. The molecule has 1 aliphatic rings. The van der Waals surface area contributed by atoms with E-state index in [0.717, 1.165) is 18.7 Å². The van der Waals surface area contributed by atoms with E-state index in [1.807, 2.05) is 6.07 Å². The Morgan fingerprint density at radius 3 is 2.60 bits per heavy atom. The van der Waals surface area contributed by atoms with Crippen LogP contribution in [0.4, 0.5) is 0 Å². The lowest BCUT2D eigenvalue weighted by Gasteiger charge is -2.33. The van der Waals surface area contributed by atoms with Crippen LogP contribution in [0.3, 0.4) is 0 Å². The SMILES string of the molecule is CCN(Cc1cc(Cl)cc(OC)c1O)C1CCCCC1. The summed E-state index contributed by atoms with van der Waals surface area (Å²) in [4.78, 5) is 2.43. The number of methoxy groups -OCH3 is 1. The van der Waals surface area contributed by atoms with Gasteiger partial charge in [-0.15, -0.1) is 0 Å². The topological polar surface area (TPSA) is 32.7 Å². The third-order valence-corrected chi connectivity index (χ3v) is 4.43. The van der Waals surface area contributed by atoms with Gasteiger partial charge in [-0.3, -0.25) is 4.90 Å². The van der Waals surface area contributed by atoms with Gasteiger partial charge < -0.3 is 9.84 Å². The Hall–Kier alpha value is -0.930. The van der Waals surface area contributed by atoms with Gasteiger partial charge in [0.15, 0.2) is 11.5 Å². The molecular weight excluding hydrogens is 274 g/mol. The number of rotatable bonds is 5. The highest BCUT2D eigenvalue weighted by Crippen LogP contribution is 2.35. The number of aromatic hydroxyl groups is 1. The van der Waals surface area contributed by atoms with Gasteiger partial charge in [0.05, 0.1) is 7.11 Å². The average Bonchev–Trinajstić information content (AvgIpc) is 2.48. The maximum Gasteiger partial charge on any atom is 0.162 e. The molecule has 0 unspecified atom stereocenters. The van der Waals surface area contributed by atoms with Crippen molar-refractivity contribution in [1.82, 2.24) is 4.90 Å². The van der Waals surface area contributed by atoms with E-state index in [4.69, 9.17) is 16.3 Å². The Balaban J connectivity index is 2.16. The smallest absolute Gasteiger partial charge is 0.162 e. The number of benzene rings is 1. The van der Waals surface area contributed by atoms with Gasteiger partial charge in [-0.1, -0.05) is 37.8 Å². The van der Waals surface area contributed by atoms with Crippen molar-refractivity contribution in [2.24, 2.45) is 0 Å². The quantitative estimate of drug-likeness (QED) is 0.884. The van der Waals surface area contributed by atoms with Gasteiger partial charge in [0.1, 0.15) is 0 Å². The molecule has 20 heavy (non-hydrogen) atoms. The van der Waals surface area contributed by atoms with Crippen LogP contribution in [0.2, 0.25) is 5.02 Å². The molecule has 1 aliphatic carbocycles. The van der Waals surface area contributed by atoms with E-state index in [1.54, 1.807) is 13.2 Å². The maximum absolute atomic E-state index is 10.2. The molecule has 0 radical (unpaired) electrons. The Kier molecular flexibility index (Phi) is 5.55. The number of phenols is 1. The average molecular weight is 298 g/mol. The lowest BCUT2D eigenvalue weighted by molar-refractivity contribution is 0.154. The van der Waals surface area contributed by atoms with Crippen LogP contribution >= 0.6 is 11.6 Å². The Labute approximate surface area is 126 Å². The van der Waals surface area contributed by atoms with E-state index in [9.17, 15) is 5.11 Å². The van der Waals surface area contributed by atoms with Crippen molar-refractivity contribution in [3.8, 4) is 11.5 Å². The lowest BCUT2D eigenvalue weighted by Crippen LogP contribution is -2.36. The van der Waals surface area contributed by atoms with Crippen molar-refractivity contribution in [3.05, 3.63) is 22.7 Å². The van der Waals surface area contributed by atoms with Gasteiger partial charge in [-0.25, -0.2) is 0 Å². The molecule has 0 aliphatic heterocycles. The molecule has 0 aromatic heterocycles. The van der Waals surface area contributed by atoms with Gasteiger partial charge in [-0.05, 0) is 25.5 Å². The Morgan fingerprint density at radius 1 is 1.30 bits per heavy atom. The van der Waals surface area contributed by atoms with Gasteiger partial charge in [0.2, 0.25) is 0 Å². The molecule has 1 aromatic rings. The Bertz CT molecular complexity index is 444. The van der Waals surface area contributed by atoms with Crippen LogP contribution in [0.15, 0.2) is 12.1 Å². The minimum Gasteiger partial charge on any atom is -0.504 e. The van der Waals surface area contributed by atoms with Crippen LogP contribution in [0, 0.1) is 0 Å². The number of ether oxygens (including phenoxy) is 1. The zero-order chi connectivity index (χ0) is 14.5. The minimum absolute atomic E-state index is 0.214. The van der Waals surface area contributed by atoms with Crippen LogP contribution in [0.1, 0.15) is 44.6 Å². The molecular formula is C16H24ClNO2. The molecule has 0 bridgehead atoms. The summed E-state index contributed by atoms with van der Waals surface area (Å²) in [5, 5.41) is 10.9. The van der Waals surface area contributed by atoms with E-state index in [0.29, 0.717) is 16.8 Å². The number of hydrogen-bond donors (Lipinski definition) is 1. The number of phenolic OH excluding ortho intramolecular Hbond substituents is 1. The molecule has 1 saturated carbocycles. The first-order valence-electron chi connectivity index (χ1n) is 7.45. The summed E-state index contributed by atoms with van der Waals surface area (Å²) in [6.07, 6.45) is 6.49. The molecule has 1 N–H and O–H groups in total. The first-order valence-corrected chi connectivity index (χ1v) is 7.83. The summed E-state index contributed by atoms with van der Waals surface area (Å²) in [6.45, 7) is 3.89. The zero-order valence-corrected chi connectivity index (χ0v) is 13.1. The van der Waals surface area contributed by atoms with E-state index in [2.05, 4.69) is 11.8 Å². The third kappa shape index (κ3) is 3.58. The fourth-order valence-electron chi connectivity index (χ4n) is 3.07. The fourth-order valence-corrected chi connectivity index (χ4v) is 3.30. The van der Waals surface area contributed by atoms with Crippen molar-refractivity contribution < 1.29 is 9.84 Å². The Morgan fingerprint density at radius 2 is 2.00 bits per heavy atom. The summed E-state index contributed by atoms with van der Waals surface area (Å²) in [5.74, 6) is 0.665. The molecule has 2 rings (SSSR count). The first-order chi connectivity index (χ1) is 9.65. The van der Waals surface area contributed by atoms with Crippen molar-refractivity contribution in [2.75, 3.05) is 13.7 Å². The van der Waals surface area contributed by atoms with E-state index < -0.39 is 0 Å². The standard InChI is InChI=1S/C16H24ClNO2/c1-3-18(14-7-5-4-6-8-14)11-12-9-13(17)10-15(20-2)16(12)19/h9-10,14,19H,3-8,11H2,1-2H3. The van der Waals surface area contributed by atoms with Gasteiger partial charge >= 0.3 is 0 Å². The summed E-state index contributed by atoms with van der Waals surface area (Å²) in [6, 6.07) is 4.11. The molecule has 1 aromatic carbocycles. The molecule has 0 heterocycles. The minimum atomic E-state index is 0.214. The van der Waals surface area contributed by atoms with Crippen molar-refractivity contribution >= 4 is 11.6 Å². The van der Waals surface area contributed by atoms with Crippen LogP contribution in [-0.2, 0) is 6.54 Å². The number of hydrogen-bond acceptors (Lipinski definition) is 3. The summed E-state index contributed by atoms with van der Waals surface area (Å²) >= 11 is 6.10. The highest BCUT2D eigenvalue weighted by Gasteiger charge is 2.21. The number of halogens is 1. The molecule has 0 spiro atoms. The predicted molar refractivity (Wildman–Crippen MR) is 82.6 cm³/mol. The third-order valence-electron chi connectivity index (χ3n) is 4.21. The largest absolute Gasteiger partial charge is 0.504 e. The summed E-state index contributed by atoms with van der Waals surface area (Å²) < 4.78 is 5.17. The van der Waals surface area contributed by atoms with Crippen LogP contribution in [-0.4, -0.2) is 29.7 Å². The summed E-state index contributed by atoms with van der Waals surface area (Å²) in [7, 11) is 1.55.